The molecule has 0 rings (SSSR count). The van der Waals surface area contributed by atoms with Gasteiger partial charge in [0.15, 0.2) is 0 Å². The average molecular weight is 113 g/mol. The van der Waals surface area contributed by atoms with E-state index in [-0.39, 0.29) is 6.15 Å². The van der Waals surface area contributed by atoms with Crippen LogP contribution in [0.4, 0.5) is 0 Å². The fourth-order valence-corrected chi connectivity index (χ4v) is 0. The Balaban J connectivity index is 0. The van der Waals surface area contributed by atoms with Gasteiger partial charge in [-0.2, -0.15) is 8.42 Å². The topological polar surface area (TPSA) is 113 Å². The molecule has 1 radical (unpaired) electrons. The zero-order valence-corrected chi connectivity index (χ0v) is 3.70. The monoisotopic (exact) mass is 113 g/mol. The van der Waals surface area contributed by atoms with Crippen molar-refractivity contribution >= 4 is 10.3 Å². The Morgan fingerprint density at radius 1 is 1.50 bits per heavy atom. The van der Waals surface area contributed by atoms with E-state index in [1.165, 1.54) is 0 Å². The largest absolute Gasteiger partial charge is 0.347 e. The summed E-state index contributed by atoms with van der Waals surface area (Å²) in [6.45, 7) is 0. The fraction of sp³-hybridized carbons (Fsp3) is 0. The second kappa shape index (κ2) is 2.08. The summed E-state index contributed by atoms with van der Waals surface area (Å²) in [4.78, 5) is 0. The summed E-state index contributed by atoms with van der Waals surface area (Å²) in [6.07, 6.45) is 0. The van der Waals surface area contributed by atoms with Gasteiger partial charge in [-0.05, 0) is 0 Å². The molecule has 0 aromatic heterocycles. The highest BCUT2D eigenvalue weighted by Gasteiger charge is 1.83. The molecule has 0 heterocycles. The van der Waals surface area contributed by atoms with Gasteiger partial charge >= 0.3 is 10.3 Å². The molecule has 0 aromatic carbocycles. The first-order valence-electron chi connectivity index (χ1n) is 0.720. The lowest BCUT2D eigenvalue weighted by molar-refractivity contribution is 0.483. The molecule has 5 N–H and O–H groups in total. The van der Waals surface area contributed by atoms with Crippen LogP contribution in [0.5, 0.6) is 0 Å². The lowest BCUT2D eigenvalue weighted by Gasteiger charge is -1.67. The van der Waals surface area contributed by atoms with Crippen molar-refractivity contribution in [2.75, 3.05) is 0 Å². The molecular weight excluding hydrogens is 108 g/mol. The summed E-state index contributed by atoms with van der Waals surface area (Å²) in [5, 5.41) is 5.47. The minimum absolute atomic E-state index is 0. The van der Waals surface area contributed by atoms with E-state index < -0.39 is 10.3 Å². The van der Waals surface area contributed by atoms with Crippen molar-refractivity contribution in [2.24, 2.45) is 0 Å². The minimum atomic E-state index is -4.42. The third kappa shape index (κ3) is 1060. The van der Waals surface area contributed by atoms with E-state index in [2.05, 4.69) is 0 Å². The molecule has 5 nitrogen and oxygen atoms in total. The van der Waals surface area contributed by atoms with Crippen LogP contribution in [0.2, 0.25) is 0 Å². The van der Waals surface area contributed by atoms with E-state index in [0.717, 1.165) is 0 Å². The summed E-state index contributed by atoms with van der Waals surface area (Å²) in [6, 6.07) is 0. The van der Waals surface area contributed by atoms with E-state index in [1.807, 2.05) is 0 Å². The Bertz CT molecular complexity index is 92.0. The molecule has 0 saturated heterocycles. The summed E-state index contributed by atoms with van der Waals surface area (Å²) in [5.41, 5.74) is 0. The predicted octanol–water partition coefficient (Wildman–Crippen LogP) is -0.766. The second-order valence-corrected chi connectivity index (χ2v) is 1.43. The molecule has 0 unspecified atom stereocenters. The SMILES string of the molecule is N.[NH]S(=O)(=O)O. The molecule has 0 atom stereocenters. The number of nitrogens with one attached hydrogen (secondary N) is 1. The fourth-order valence-electron chi connectivity index (χ4n) is 0. The Kier molecular flexibility index (Phi) is 3.22. The maximum atomic E-state index is 8.85. The first-order valence-corrected chi connectivity index (χ1v) is 2.16. The molecule has 0 aliphatic carbocycles. The van der Waals surface area contributed by atoms with Gasteiger partial charge in [0.05, 0.1) is 0 Å². The maximum absolute atomic E-state index is 8.85. The van der Waals surface area contributed by atoms with Gasteiger partial charge in [-0.3, -0.25) is 4.55 Å². The van der Waals surface area contributed by atoms with Gasteiger partial charge < -0.3 is 6.15 Å². The Morgan fingerprint density at radius 2 is 1.50 bits per heavy atom. The van der Waals surface area contributed by atoms with Crippen LogP contribution < -0.4 is 11.3 Å². The number of hydrogen-bond acceptors (Lipinski definition) is 3. The minimum Gasteiger partial charge on any atom is -0.344 e. The highest BCUT2D eigenvalue weighted by Crippen LogP contribution is 1.56. The normalized spacial score (nSPS) is 9.67. The van der Waals surface area contributed by atoms with Gasteiger partial charge in [-0.25, -0.2) is 0 Å². The van der Waals surface area contributed by atoms with E-state index in [1.54, 1.807) is 0 Å². The van der Waals surface area contributed by atoms with Crippen molar-refractivity contribution in [1.82, 2.24) is 11.3 Å². The summed E-state index contributed by atoms with van der Waals surface area (Å²) in [5.74, 6) is 0. The van der Waals surface area contributed by atoms with Crippen molar-refractivity contribution in [3.05, 3.63) is 0 Å². The second-order valence-electron chi connectivity index (χ2n) is 0.475. The zero-order valence-electron chi connectivity index (χ0n) is 2.88. The molecule has 6 heavy (non-hydrogen) atoms. The molecule has 0 spiro atoms. The maximum Gasteiger partial charge on any atom is 0.347 e. The first kappa shape index (κ1) is 9.27. The standard InChI is InChI=1S/H2NO3S.H3N/c1-5(2,3)4;/h1H,(H,2,3,4);1H3. The van der Waals surface area contributed by atoms with E-state index in [4.69, 9.17) is 18.1 Å². The van der Waals surface area contributed by atoms with Gasteiger partial charge in [0, 0.05) is 0 Å². The van der Waals surface area contributed by atoms with E-state index in [0.29, 0.717) is 0 Å². The van der Waals surface area contributed by atoms with Crippen LogP contribution in [0, 0.1) is 0 Å². The van der Waals surface area contributed by atoms with Crippen molar-refractivity contribution in [3.8, 4) is 0 Å². The van der Waals surface area contributed by atoms with Crippen molar-refractivity contribution in [3.63, 3.8) is 0 Å². The average Bonchev–Trinajstić information content (AvgIpc) is 0.722. The summed E-state index contributed by atoms with van der Waals surface area (Å²) >= 11 is 0. The molecule has 0 saturated carbocycles. The Hall–Kier alpha value is -0.170. The Labute approximate surface area is 35.6 Å². The van der Waals surface area contributed by atoms with Gasteiger partial charge in [0.1, 0.15) is 0 Å². The molecule has 0 aliphatic heterocycles. The van der Waals surface area contributed by atoms with E-state index in [9.17, 15) is 0 Å². The van der Waals surface area contributed by atoms with Gasteiger partial charge in [0.2, 0.25) is 0 Å². The molecular formula is H5N2O3S. The van der Waals surface area contributed by atoms with Gasteiger partial charge in [-0.15, -0.1) is 5.14 Å². The number of rotatable bonds is 0. The summed E-state index contributed by atoms with van der Waals surface area (Å²) in [7, 11) is -4.42. The van der Waals surface area contributed by atoms with Gasteiger partial charge in [-0.1, -0.05) is 0 Å². The molecule has 0 aliphatic rings. The molecule has 0 fully saturated rings. The van der Waals surface area contributed by atoms with Crippen molar-refractivity contribution in [2.45, 2.75) is 0 Å². The van der Waals surface area contributed by atoms with Crippen LogP contribution in [-0.4, -0.2) is 13.0 Å². The van der Waals surface area contributed by atoms with Crippen molar-refractivity contribution in [1.29, 1.82) is 0 Å². The third-order valence-electron chi connectivity index (χ3n) is 0. The predicted molar refractivity (Wildman–Crippen MR) is 19.7 cm³/mol. The van der Waals surface area contributed by atoms with E-state index >= 15 is 0 Å². The van der Waals surface area contributed by atoms with Crippen LogP contribution in [-0.2, 0) is 10.3 Å². The molecule has 39 valence electrons. The van der Waals surface area contributed by atoms with Crippen molar-refractivity contribution < 1.29 is 13.0 Å². The molecule has 6 heteroatoms. The van der Waals surface area contributed by atoms with Crippen LogP contribution in [0.3, 0.4) is 0 Å². The van der Waals surface area contributed by atoms with Crippen LogP contribution in [0.1, 0.15) is 0 Å². The third-order valence-corrected chi connectivity index (χ3v) is 0. The summed E-state index contributed by atoms with van der Waals surface area (Å²) < 4.78 is 24.9. The van der Waals surface area contributed by atoms with Gasteiger partial charge in [0.25, 0.3) is 0 Å². The zero-order chi connectivity index (χ0) is 4.50. The quantitative estimate of drug-likeness (QED) is 0.401. The smallest absolute Gasteiger partial charge is 0.344 e. The first-order chi connectivity index (χ1) is 2.00. The molecule has 0 amide bonds. The Morgan fingerprint density at radius 3 is 1.50 bits per heavy atom. The highest BCUT2D eigenvalue weighted by molar-refractivity contribution is 7.83. The highest BCUT2D eigenvalue weighted by atomic mass is 32.2. The van der Waals surface area contributed by atoms with Crippen LogP contribution in [0.25, 0.3) is 0 Å². The van der Waals surface area contributed by atoms with Crippen LogP contribution in [0.15, 0.2) is 0 Å². The lowest BCUT2D eigenvalue weighted by Crippen LogP contribution is -1.93. The molecule has 0 bridgehead atoms. The number of hydrogen-bond donors (Lipinski definition) is 2. The lowest BCUT2D eigenvalue weighted by atomic mass is 13.9. The molecule has 0 aromatic rings. The van der Waals surface area contributed by atoms with Crippen LogP contribution >= 0.6 is 0 Å².